The van der Waals surface area contributed by atoms with Crippen molar-refractivity contribution in [2.75, 3.05) is 38.7 Å². The van der Waals surface area contributed by atoms with Gasteiger partial charge in [-0.15, -0.1) is 0 Å². The van der Waals surface area contributed by atoms with Crippen LogP contribution in [-0.2, 0) is 4.74 Å². The minimum absolute atomic E-state index is 0.00425. The van der Waals surface area contributed by atoms with E-state index in [2.05, 4.69) is 22.2 Å². The Morgan fingerprint density at radius 1 is 1.46 bits per heavy atom. The number of amides is 2. The number of ether oxygens (including phenoxy) is 1. The minimum Gasteiger partial charge on any atom is -0.368 e. The summed E-state index contributed by atoms with van der Waals surface area (Å²) in [6.45, 7) is 3.77. The Kier molecular flexibility index (Phi) is 5.18. The van der Waals surface area contributed by atoms with Crippen molar-refractivity contribution in [3.05, 3.63) is 18.0 Å². The predicted molar refractivity (Wildman–Crippen MR) is 92.0 cm³/mol. The van der Waals surface area contributed by atoms with Crippen LogP contribution < -0.4 is 10.2 Å². The summed E-state index contributed by atoms with van der Waals surface area (Å²) in [6, 6.07) is 2.10. The Bertz CT molecular complexity index is 576. The molecule has 7 heteroatoms. The molecule has 2 fully saturated rings. The van der Waals surface area contributed by atoms with Gasteiger partial charge in [-0.25, -0.2) is 14.8 Å². The van der Waals surface area contributed by atoms with Gasteiger partial charge in [0.05, 0.1) is 18.8 Å². The van der Waals surface area contributed by atoms with Crippen molar-refractivity contribution in [1.82, 2.24) is 20.2 Å². The molecule has 132 valence electrons. The molecule has 1 N–H and O–H groups in total. The van der Waals surface area contributed by atoms with Gasteiger partial charge in [-0.3, -0.25) is 0 Å². The van der Waals surface area contributed by atoms with Crippen molar-refractivity contribution in [2.24, 2.45) is 5.92 Å². The lowest BCUT2D eigenvalue weighted by Gasteiger charge is -2.36. The summed E-state index contributed by atoms with van der Waals surface area (Å²) in [5.74, 6) is 1.28. The average molecular weight is 333 g/mol. The molecule has 1 aliphatic heterocycles. The lowest BCUT2D eigenvalue weighted by Crippen LogP contribution is -2.51. The van der Waals surface area contributed by atoms with Crippen LogP contribution in [0.4, 0.5) is 10.7 Å². The number of urea groups is 1. The standard InChI is InChI=1S/C17H27N5O2/c1-12(13-5-4-6-13)19-17(23)22-9-10-24-15(11-22)14-7-8-18-16(20-14)21(2)3/h7-8,12-13,15H,4-6,9-11H2,1-3H3,(H,19,23). The highest BCUT2D eigenvalue weighted by molar-refractivity contribution is 5.74. The second-order valence-electron chi connectivity index (χ2n) is 6.91. The molecule has 0 bridgehead atoms. The van der Waals surface area contributed by atoms with E-state index in [4.69, 9.17) is 4.74 Å². The lowest BCUT2D eigenvalue weighted by atomic mass is 9.80. The van der Waals surface area contributed by atoms with Crippen LogP contribution in [-0.4, -0.2) is 60.7 Å². The molecule has 3 rings (SSSR count). The van der Waals surface area contributed by atoms with Crippen molar-refractivity contribution in [1.29, 1.82) is 0 Å². The zero-order chi connectivity index (χ0) is 17.1. The highest BCUT2D eigenvalue weighted by atomic mass is 16.5. The molecule has 7 nitrogen and oxygen atoms in total. The summed E-state index contributed by atoms with van der Waals surface area (Å²) in [5.41, 5.74) is 0.818. The normalized spacial score (nSPS) is 22.6. The van der Waals surface area contributed by atoms with Crippen LogP contribution in [0.25, 0.3) is 0 Å². The number of anilines is 1. The lowest BCUT2D eigenvalue weighted by molar-refractivity contribution is -0.0183. The Hall–Kier alpha value is -1.89. The summed E-state index contributed by atoms with van der Waals surface area (Å²) in [7, 11) is 3.81. The largest absolute Gasteiger partial charge is 0.368 e. The summed E-state index contributed by atoms with van der Waals surface area (Å²) >= 11 is 0. The number of nitrogens with zero attached hydrogens (tertiary/aromatic N) is 4. The van der Waals surface area contributed by atoms with Crippen LogP contribution in [0, 0.1) is 5.92 Å². The maximum absolute atomic E-state index is 12.5. The zero-order valence-electron chi connectivity index (χ0n) is 14.7. The number of hydrogen-bond donors (Lipinski definition) is 1. The average Bonchev–Trinajstić information content (AvgIpc) is 2.53. The Morgan fingerprint density at radius 3 is 2.92 bits per heavy atom. The van der Waals surface area contributed by atoms with E-state index in [0.29, 0.717) is 31.6 Å². The van der Waals surface area contributed by atoms with Crippen LogP contribution in [0.5, 0.6) is 0 Å². The quantitative estimate of drug-likeness (QED) is 0.910. The molecule has 2 unspecified atom stereocenters. The zero-order valence-corrected chi connectivity index (χ0v) is 14.7. The van der Waals surface area contributed by atoms with Gasteiger partial charge in [-0.2, -0.15) is 0 Å². The molecule has 0 radical (unpaired) electrons. The third kappa shape index (κ3) is 3.77. The molecule has 1 saturated heterocycles. The van der Waals surface area contributed by atoms with E-state index in [1.165, 1.54) is 19.3 Å². The molecular weight excluding hydrogens is 306 g/mol. The van der Waals surface area contributed by atoms with Crippen LogP contribution >= 0.6 is 0 Å². The molecule has 0 aromatic carbocycles. The predicted octanol–water partition coefficient (Wildman–Crippen LogP) is 1.81. The van der Waals surface area contributed by atoms with Gasteiger partial charge in [0.2, 0.25) is 5.95 Å². The number of rotatable bonds is 4. The first kappa shape index (κ1) is 17.0. The first-order chi connectivity index (χ1) is 11.5. The highest BCUT2D eigenvalue weighted by Gasteiger charge is 2.30. The summed E-state index contributed by atoms with van der Waals surface area (Å²) < 4.78 is 5.83. The fraction of sp³-hybridized carbons (Fsp3) is 0.706. The number of nitrogens with one attached hydrogen (secondary N) is 1. The van der Waals surface area contributed by atoms with E-state index in [1.54, 1.807) is 6.20 Å². The second kappa shape index (κ2) is 7.34. The molecule has 1 aromatic rings. The first-order valence-corrected chi connectivity index (χ1v) is 8.72. The number of hydrogen-bond acceptors (Lipinski definition) is 5. The number of aromatic nitrogens is 2. The maximum Gasteiger partial charge on any atom is 0.317 e. The van der Waals surface area contributed by atoms with Crippen molar-refractivity contribution in [3.8, 4) is 0 Å². The molecule has 0 spiro atoms. The molecule has 2 aliphatic rings. The topological polar surface area (TPSA) is 70.6 Å². The molecule has 2 atom stereocenters. The summed E-state index contributed by atoms with van der Waals surface area (Å²) in [6.07, 6.45) is 5.26. The Balaban J connectivity index is 1.61. The van der Waals surface area contributed by atoms with Crippen LogP contribution in [0.2, 0.25) is 0 Å². The van der Waals surface area contributed by atoms with E-state index < -0.39 is 0 Å². The van der Waals surface area contributed by atoms with Gasteiger partial charge in [-0.1, -0.05) is 6.42 Å². The van der Waals surface area contributed by atoms with Crippen molar-refractivity contribution >= 4 is 12.0 Å². The molecule has 1 aromatic heterocycles. The fourth-order valence-corrected chi connectivity index (χ4v) is 3.11. The first-order valence-electron chi connectivity index (χ1n) is 8.72. The monoisotopic (exact) mass is 333 g/mol. The molecule has 24 heavy (non-hydrogen) atoms. The van der Waals surface area contributed by atoms with Crippen LogP contribution in [0.1, 0.15) is 38.0 Å². The minimum atomic E-state index is -0.204. The molecular formula is C17H27N5O2. The molecule has 2 heterocycles. The smallest absolute Gasteiger partial charge is 0.317 e. The van der Waals surface area contributed by atoms with Gasteiger partial charge < -0.3 is 19.9 Å². The van der Waals surface area contributed by atoms with Crippen LogP contribution in [0.3, 0.4) is 0 Å². The van der Waals surface area contributed by atoms with Gasteiger partial charge in [0.25, 0.3) is 0 Å². The molecule has 1 aliphatic carbocycles. The van der Waals surface area contributed by atoms with Crippen molar-refractivity contribution in [2.45, 2.75) is 38.3 Å². The fourth-order valence-electron chi connectivity index (χ4n) is 3.11. The van der Waals surface area contributed by atoms with E-state index in [1.807, 2.05) is 30.0 Å². The number of carbonyl (C=O) groups excluding carboxylic acids is 1. The van der Waals surface area contributed by atoms with Gasteiger partial charge in [0, 0.05) is 32.9 Å². The number of morpholine rings is 1. The third-order valence-electron chi connectivity index (χ3n) is 4.96. The highest BCUT2D eigenvalue weighted by Crippen LogP contribution is 2.29. The van der Waals surface area contributed by atoms with Gasteiger partial charge in [-0.05, 0) is 31.7 Å². The SMILES string of the molecule is CC(NC(=O)N1CCOC(c2ccnc(N(C)C)n2)C1)C1CCC1. The maximum atomic E-state index is 12.5. The molecule has 1 saturated carbocycles. The Labute approximate surface area is 143 Å². The molecule has 2 amide bonds. The van der Waals surface area contributed by atoms with Gasteiger partial charge >= 0.3 is 6.03 Å². The Morgan fingerprint density at radius 2 is 2.25 bits per heavy atom. The van der Waals surface area contributed by atoms with E-state index in [0.717, 1.165) is 5.69 Å². The van der Waals surface area contributed by atoms with Crippen molar-refractivity contribution < 1.29 is 9.53 Å². The third-order valence-corrected chi connectivity index (χ3v) is 4.96. The van der Waals surface area contributed by atoms with E-state index >= 15 is 0 Å². The second-order valence-corrected chi connectivity index (χ2v) is 6.91. The van der Waals surface area contributed by atoms with Gasteiger partial charge in [0.1, 0.15) is 6.10 Å². The summed E-state index contributed by atoms with van der Waals surface area (Å²) in [5, 5.41) is 3.14. The van der Waals surface area contributed by atoms with Gasteiger partial charge in [0.15, 0.2) is 0 Å². The summed E-state index contributed by atoms with van der Waals surface area (Å²) in [4.78, 5) is 25.0. The van der Waals surface area contributed by atoms with Crippen molar-refractivity contribution in [3.63, 3.8) is 0 Å². The van der Waals surface area contributed by atoms with E-state index in [9.17, 15) is 4.79 Å². The van der Waals surface area contributed by atoms with Crippen LogP contribution in [0.15, 0.2) is 12.3 Å². The van der Waals surface area contributed by atoms with E-state index in [-0.39, 0.29) is 18.2 Å². The number of carbonyl (C=O) groups is 1.